The van der Waals surface area contributed by atoms with Crippen molar-refractivity contribution in [1.29, 1.82) is 0 Å². The van der Waals surface area contributed by atoms with Gasteiger partial charge < -0.3 is 15.1 Å². The first-order valence-corrected chi connectivity index (χ1v) is 5.38. The lowest BCUT2D eigenvalue weighted by atomic mass is 10.1. The number of anilines is 1. The maximum atomic E-state index is 11.2. The first-order chi connectivity index (χ1) is 7.94. The second kappa shape index (κ2) is 5.54. The highest BCUT2D eigenvalue weighted by Crippen LogP contribution is 2.13. The Balaban J connectivity index is 2.61. The van der Waals surface area contributed by atoms with Gasteiger partial charge in [0.15, 0.2) is 0 Å². The SMILES string of the molecule is COC(=O)NC(C)(C)CN(N)c1ccccc1. The minimum atomic E-state index is -0.475. The topological polar surface area (TPSA) is 67.6 Å². The molecule has 0 aliphatic rings. The summed E-state index contributed by atoms with van der Waals surface area (Å²) in [5, 5.41) is 4.32. The summed E-state index contributed by atoms with van der Waals surface area (Å²) in [6.07, 6.45) is -0.462. The molecule has 17 heavy (non-hydrogen) atoms. The van der Waals surface area contributed by atoms with Gasteiger partial charge in [0, 0.05) is 0 Å². The highest BCUT2D eigenvalue weighted by Gasteiger charge is 2.23. The molecule has 0 saturated heterocycles. The van der Waals surface area contributed by atoms with E-state index in [1.807, 2.05) is 44.2 Å². The first kappa shape index (κ1) is 13.3. The molecule has 3 N–H and O–H groups in total. The Kier molecular flexibility index (Phi) is 4.34. The summed E-state index contributed by atoms with van der Waals surface area (Å²) in [6, 6.07) is 9.57. The fourth-order valence-corrected chi connectivity index (χ4v) is 1.50. The molecule has 0 saturated carbocycles. The van der Waals surface area contributed by atoms with Gasteiger partial charge in [-0.25, -0.2) is 10.6 Å². The van der Waals surface area contributed by atoms with Crippen LogP contribution in [0.5, 0.6) is 0 Å². The molecule has 1 rings (SSSR count). The Bertz CT molecular complexity index is 365. The molecule has 1 aromatic rings. The molecular weight excluding hydrogens is 218 g/mol. The number of nitrogens with one attached hydrogen (secondary N) is 1. The lowest BCUT2D eigenvalue weighted by Crippen LogP contribution is -2.53. The number of rotatable bonds is 4. The van der Waals surface area contributed by atoms with Crippen LogP contribution < -0.4 is 16.2 Å². The maximum absolute atomic E-state index is 11.2. The number of hydrazine groups is 1. The molecule has 0 heterocycles. The van der Waals surface area contributed by atoms with E-state index in [9.17, 15) is 4.79 Å². The third kappa shape index (κ3) is 4.32. The van der Waals surface area contributed by atoms with Crippen LogP contribution in [0.2, 0.25) is 0 Å². The summed E-state index contributed by atoms with van der Waals surface area (Å²) < 4.78 is 4.56. The summed E-state index contributed by atoms with van der Waals surface area (Å²) >= 11 is 0. The number of carbonyl (C=O) groups is 1. The Hall–Kier alpha value is -1.75. The van der Waals surface area contributed by atoms with Crippen molar-refractivity contribution >= 4 is 11.8 Å². The van der Waals surface area contributed by atoms with E-state index >= 15 is 0 Å². The average Bonchev–Trinajstić information content (AvgIpc) is 2.28. The van der Waals surface area contributed by atoms with Gasteiger partial charge in [-0.2, -0.15) is 0 Å². The summed E-state index contributed by atoms with van der Waals surface area (Å²) in [5.74, 6) is 5.94. The highest BCUT2D eigenvalue weighted by atomic mass is 16.5. The Morgan fingerprint density at radius 1 is 1.41 bits per heavy atom. The number of alkyl carbamates (subject to hydrolysis) is 1. The summed E-state index contributed by atoms with van der Waals surface area (Å²) in [6.45, 7) is 4.24. The molecule has 94 valence electrons. The van der Waals surface area contributed by atoms with E-state index in [4.69, 9.17) is 5.84 Å². The smallest absolute Gasteiger partial charge is 0.407 e. The third-order valence-corrected chi connectivity index (χ3v) is 2.28. The fraction of sp³-hybridized carbons (Fsp3) is 0.417. The lowest BCUT2D eigenvalue weighted by molar-refractivity contribution is 0.160. The van der Waals surface area contributed by atoms with Gasteiger partial charge in [-0.05, 0) is 26.0 Å². The van der Waals surface area contributed by atoms with Gasteiger partial charge in [-0.3, -0.25) is 0 Å². The van der Waals surface area contributed by atoms with Gasteiger partial charge in [-0.1, -0.05) is 18.2 Å². The molecule has 0 bridgehead atoms. The molecule has 1 amide bonds. The van der Waals surface area contributed by atoms with Crippen molar-refractivity contribution < 1.29 is 9.53 Å². The number of carbonyl (C=O) groups excluding carboxylic acids is 1. The number of nitrogens with two attached hydrogens (primary N) is 1. The second-order valence-corrected chi connectivity index (χ2v) is 4.46. The minimum Gasteiger partial charge on any atom is -0.453 e. The predicted molar refractivity (Wildman–Crippen MR) is 67.6 cm³/mol. The van der Waals surface area contributed by atoms with Crippen LogP contribution in [0.25, 0.3) is 0 Å². The van der Waals surface area contributed by atoms with Gasteiger partial charge >= 0.3 is 6.09 Å². The number of amides is 1. The molecule has 0 spiro atoms. The predicted octanol–water partition coefficient (Wildman–Crippen LogP) is 1.50. The molecule has 0 aliphatic heterocycles. The van der Waals surface area contributed by atoms with Crippen molar-refractivity contribution in [3.63, 3.8) is 0 Å². The molecule has 0 unspecified atom stereocenters. The molecule has 5 nitrogen and oxygen atoms in total. The third-order valence-electron chi connectivity index (χ3n) is 2.28. The van der Waals surface area contributed by atoms with E-state index in [1.165, 1.54) is 7.11 Å². The fourth-order valence-electron chi connectivity index (χ4n) is 1.50. The van der Waals surface area contributed by atoms with Crippen molar-refractivity contribution in [2.24, 2.45) is 5.84 Å². The van der Waals surface area contributed by atoms with Gasteiger partial charge in [0.25, 0.3) is 0 Å². The van der Waals surface area contributed by atoms with E-state index in [0.29, 0.717) is 6.54 Å². The quantitative estimate of drug-likeness (QED) is 0.615. The number of methoxy groups -OCH3 is 1. The van der Waals surface area contributed by atoms with Crippen LogP contribution in [-0.4, -0.2) is 25.3 Å². The number of para-hydroxylation sites is 1. The average molecular weight is 237 g/mol. The molecule has 5 heteroatoms. The number of benzene rings is 1. The Morgan fingerprint density at radius 2 is 2.00 bits per heavy atom. The number of ether oxygens (including phenoxy) is 1. The normalized spacial score (nSPS) is 10.8. The van der Waals surface area contributed by atoms with E-state index in [1.54, 1.807) is 5.01 Å². The van der Waals surface area contributed by atoms with E-state index in [2.05, 4.69) is 10.1 Å². The highest BCUT2D eigenvalue weighted by molar-refractivity contribution is 5.68. The standard InChI is InChI=1S/C12H19N3O2/c1-12(2,14-11(16)17-3)9-15(13)10-7-5-4-6-8-10/h4-8H,9,13H2,1-3H3,(H,14,16). The monoisotopic (exact) mass is 237 g/mol. The lowest BCUT2D eigenvalue weighted by Gasteiger charge is -2.31. The zero-order valence-corrected chi connectivity index (χ0v) is 10.4. The van der Waals surface area contributed by atoms with Crippen molar-refractivity contribution in [2.45, 2.75) is 19.4 Å². The van der Waals surface area contributed by atoms with Crippen LogP contribution in [0.15, 0.2) is 30.3 Å². The minimum absolute atomic E-state index is 0.462. The first-order valence-electron chi connectivity index (χ1n) is 5.38. The van der Waals surface area contributed by atoms with Crippen LogP contribution in [-0.2, 0) is 4.74 Å². The van der Waals surface area contributed by atoms with Gasteiger partial charge in [-0.15, -0.1) is 0 Å². The zero-order chi connectivity index (χ0) is 12.9. The molecule has 0 fully saturated rings. The van der Waals surface area contributed by atoms with E-state index in [0.717, 1.165) is 5.69 Å². The Labute approximate surface area is 102 Å². The van der Waals surface area contributed by atoms with Crippen molar-refractivity contribution in [2.75, 3.05) is 18.7 Å². The largest absolute Gasteiger partial charge is 0.453 e. The zero-order valence-electron chi connectivity index (χ0n) is 10.4. The number of hydrogen-bond donors (Lipinski definition) is 2. The molecular formula is C12H19N3O2. The number of hydrogen-bond acceptors (Lipinski definition) is 4. The Morgan fingerprint density at radius 3 is 2.53 bits per heavy atom. The van der Waals surface area contributed by atoms with Crippen LogP contribution in [0, 0.1) is 0 Å². The van der Waals surface area contributed by atoms with Crippen LogP contribution in [0.4, 0.5) is 10.5 Å². The number of nitrogens with zero attached hydrogens (tertiary/aromatic N) is 1. The molecule has 0 aliphatic carbocycles. The van der Waals surface area contributed by atoms with Gasteiger partial charge in [0.05, 0.1) is 24.9 Å². The van der Waals surface area contributed by atoms with E-state index < -0.39 is 11.6 Å². The van der Waals surface area contributed by atoms with Crippen LogP contribution in [0.3, 0.4) is 0 Å². The van der Waals surface area contributed by atoms with Crippen LogP contribution in [0.1, 0.15) is 13.8 Å². The van der Waals surface area contributed by atoms with Crippen molar-refractivity contribution in [3.8, 4) is 0 Å². The van der Waals surface area contributed by atoms with E-state index in [-0.39, 0.29) is 0 Å². The molecule has 0 atom stereocenters. The second-order valence-electron chi connectivity index (χ2n) is 4.46. The molecule has 1 aromatic carbocycles. The molecule has 0 radical (unpaired) electrons. The van der Waals surface area contributed by atoms with Gasteiger partial charge in [0.2, 0.25) is 0 Å². The maximum Gasteiger partial charge on any atom is 0.407 e. The van der Waals surface area contributed by atoms with Crippen molar-refractivity contribution in [1.82, 2.24) is 5.32 Å². The summed E-state index contributed by atoms with van der Waals surface area (Å²) in [7, 11) is 1.34. The summed E-state index contributed by atoms with van der Waals surface area (Å²) in [5.41, 5.74) is 0.421. The summed E-state index contributed by atoms with van der Waals surface area (Å²) in [4.78, 5) is 11.2. The van der Waals surface area contributed by atoms with Crippen molar-refractivity contribution in [3.05, 3.63) is 30.3 Å². The van der Waals surface area contributed by atoms with Gasteiger partial charge in [0.1, 0.15) is 0 Å². The van der Waals surface area contributed by atoms with Crippen LogP contribution >= 0.6 is 0 Å². The molecule has 0 aromatic heterocycles.